The Kier molecular flexibility index (Phi) is 8.47. The summed E-state index contributed by atoms with van der Waals surface area (Å²) >= 11 is 4.76. The number of amidine groups is 1. The molecule has 0 aromatic heterocycles. The Morgan fingerprint density at radius 2 is 1.84 bits per heavy atom. The van der Waals surface area contributed by atoms with E-state index in [-0.39, 0.29) is 18.2 Å². The molecule has 0 bridgehead atoms. The van der Waals surface area contributed by atoms with Gasteiger partial charge in [0.05, 0.1) is 33.7 Å². The van der Waals surface area contributed by atoms with Gasteiger partial charge in [-0.25, -0.2) is 4.99 Å². The molecule has 0 saturated carbocycles. The number of nitrogens with zero attached hydrogens (tertiary/aromatic N) is 2. The van der Waals surface area contributed by atoms with Gasteiger partial charge in [-0.15, -0.1) is 0 Å². The van der Waals surface area contributed by atoms with Crippen LogP contribution in [0.3, 0.4) is 0 Å². The molecule has 0 atom stereocenters. The van der Waals surface area contributed by atoms with E-state index in [1.54, 1.807) is 24.3 Å². The first-order chi connectivity index (χ1) is 17.9. The Hall–Kier alpha value is -3.83. The van der Waals surface area contributed by atoms with Gasteiger partial charge in [0.1, 0.15) is 12.4 Å². The van der Waals surface area contributed by atoms with Gasteiger partial charge in [0, 0.05) is 12.1 Å². The number of amides is 1. The smallest absolute Gasteiger partial charge is 0.269 e. The number of hydrogen-bond acceptors (Lipinski definition) is 8. The summed E-state index contributed by atoms with van der Waals surface area (Å²) < 4.78 is 17.5. The van der Waals surface area contributed by atoms with Crippen molar-refractivity contribution in [2.75, 3.05) is 13.7 Å². The summed E-state index contributed by atoms with van der Waals surface area (Å²) in [5, 5.41) is 14.1. The highest BCUT2D eigenvalue weighted by Gasteiger charge is 2.24. The van der Waals surface area contributed by atoms with Crippen molar-refractivity contribution in [3.05, 3.63) is 91.3 Å². The van der Waals surface area contributed by atoms with Crippen LogP contribution in [0.15, 0.2) is 75.0 Å². The summed E-state index contributed by atoms with van der Waals surface area (Å²) in [5.41, 5.74) is 2.21. The second-order valence-corrected chi connectivity index (χ2v) is 9.54. The Bertz CT molecular complexity index is 1370. The van der Waals surface area contributed by atoms with Crippen molar-refractivity contribution in [3.8, 4) is 17.2 Å². The maximum atomic E-state index is 12.5. The largest absolute Gasteiger partial charge is 0.494 e. The predicted molar refractivity (Wildman–Crippen MR) is 147 cm³/mol. The van der Waals surface area contributed by atoms with Crippen molar-refractivity contribution < 1.29 is 23.9 Å². The predicted octanol–water partition coefficient (Wildman–Crippen LogP) is 6.24. The van der Waals surface area contributed by atoms with E-state index >= 15 is 0 Å². The number of thioether (sulfide) groups is 1. The lowest BCUT2D eigenvalue weighted by Crippen LogP contribution is -2.19. The molecule has 0 spiro atoms. The van der Waals surface area contributed by atoms with Crippen molar-refractivity contribution in [3.63, 3.8) is 0 Å². The van der Waals surface area contributed by atoms with Crippen molar-refractivity contribution in [1.82, 2.24) is 5.32 Å². The second kappa shape index (κ2) is 11.9. The van der Waals surface area contributed by atoms with Gasteiger partial charge in [0.2, 0.25) is 0 Å². The van der Waals surface area contributed by atoms with Crippen LogP contribution in [0.1, 0.15) is 18.1 Å². The van der Waals surface area contributed by atoms with E-state index in [1.807, 2.05) is 37.3 Å². The van der Waals surface area contributed by atoms with Crippen LogP contribution in [0, 0.1) is 10.1 Å². The molecule has 1 aliphatic rings. The molecule has 1 saturated heterocycles. The molecule has 190 valence electrons. The number of non-ortho nitro benzene ring substituents is 1. The number of aliphatic imine (C=N–C) groups is 1. The summed E-state index contributed by atoms with van der Waals surface area (Å²) in [4.78, 5) is 27.9. The van der Waals surface area contributed by atoms with E-state index in [4.69, 9.17) is 14.2 Å². The molecule has 11 heteroatoms. The zero-order valence-corrected chi connectivity index (χ0v) is 22.3. The van der Waals surface area contributed by atoms with Crippen LogP contribution in [-0.4, -0.2) is 29.7 Å². The molecule has 1 heterocycles. The van der Waals surface area contributed by atoms with Crippen LogP contribution in [0.4, 0.5) is 11.4 Å². The molecular weight excluding hydrogens is 562 g/mol. The van der Waals surface area contributed by atoms with Crippen LogP contribution < -0.4 is 19.5 Å². The molecule has 0 radical (unpaired) electrons. The maximum Gasteiger partial charge on any atom is 0.269 e. The molecular formula is C26H22BrN3O6S. The van der Waals surface area contributed by atoms with Crippen molar-refractivity contribution in [2.24, 2.45) is 4.99 Å². The Labute approximate surface area is 225 Å². The lowest BCUT2D eigenvalue weighted by molar-refractivity contribution is -0.384. The first-order valence-electron chi connectivity index (χ1n) is 11.1. The zero-order chi connectivity index (χ0) is 26.4. The maximum absolute atomic E-state index is 12.5. The summed E-state index contributed by atoms with van der Waals surface area (Å²) in [6.07, 6.45) is 1.74. The number of benzene rings is 3. The fraction of sp³-hybridized carbons (Fsp3) is 0.154. The standard InChI is InChI=1S/C26H22BrN3O6S/c1-3-35-20-10-6-18(7-11-20)28-26-29-25(31)23(37-26)14-17-12-21(27)24(22(13-17)34-2)36-15-16-4-8-19(9-5-16)30(32)33/h4-14H,3,15H2,1-2H3,(H,28,29,31)/b23-14+. The van der Waals surface area contributed by atoms with Gasteiger partial charge in [-0.3, -0.25) is 14.9 Å². The Morgan fingerprint density at radius 1 is 1.11 bits per heavy atom. The number of nitrogens with one attached hydrogen (secondary N) is 1. The fourth-order valence-corrected chi connectivity index (χ4v) is 4.78. The number of carbonyl (C=O) groups is 1. The molecule has 37 heavy (non-hydrogen) atoms. The third-order valence-corrected chi connectivity index (χ3v) is 6.61. The highest BCUT2D eigenvalue weighted by atomic mass is 79.9. The van der Waals surface area contributed by atoms with E-state index in [0.29, 0.717) is 38.3 Å². The average Bonchev–Trinajstić information content (AvgIpc) is 3.22. The van der Waals surface area contributed by atoms with Crippen LogP contribution in [0.5, 0.6) is 17.2 Å². The highest BCUT2D eigenvalue weighted by Crippen LogP contribution is 2.39. The monoisotopic (exact) mass is 583 g/mol. The fourth-order valence-electron chi connectivity index (χ4n) is 3.37. The van der Waals surface area contributed by atoms with E-state index in [0.717, 1.165) is 16.9 Å². The molecule has 3 aromatic carbocycles. The lowest BCUT2D eigenvalue weighted by Gasteiger charge is -2.14. The first kappa shape index (κ1) is 26.2. The van der Waals surface area contributed by atoms with Crippen molar-refractivity contribution in [1.29, 1.82) is 0 Å². The van der Waals surface area contributed by atoms with Crippen LogP contribution >= 0.6 is 27.7 Å². The van der Waals surface area contributed by atoms with Crippen LogP contribution in [0.2, 0.25) is 0 Å². The minimum Gasteiger partial charge on any atom is -0.494 e. The molecule has 1 fully saturated rings. The normalized spacial score (nSPS) is 15.1. The Morgan fingerprint density at radius 3 is 2.49 bits per heavy atom. The molecule has 1 aliphatic heterocycles. The van der Waals surface area contributed by atoms with Crippen LogP contribution in [0.25, 0.3) is 6.08 Å². The van der Waals surface area contributed by atoms with Gasteiger partial charge >= 0.3 is 0 Å². The minimum absolute atomic E-state index is 0.0152. The number of rotatable bonds is 9. The van der Waals surface area contributed by atoms with E-state index in [9.17, 15) is 14.9 Å². The lowest BCUT2D eigenvalue weighted by atomic mass is 10.1. The molecule has 0 unspecified atom stereocenters. The molecule has 9 nitrogen and oxygen atoms in total. The number of ether oxygens (including phenoxy) is 3. The Balaban J connectivity index is 1.48. The van der Waals surface area contributed by atoms with Gasteiger partial charge in [0.15, 0.2) is 16.7 Å². The van der Waals surface area contributed by atoms with E-state index in [1.165, 1.54) is 31.0 Å². The quantitative estimate of drug-likeness (QED) is 0.180. The third kappa shape index (κ3) is 6.69. The zero-order valence-electron chi connectivity index (χ0n) is 19.9. The summed E-state index contributed by atoms with van der Waals surface area (Å²) in [5.74, 6) is 1.46. The molecule has 4 rings (SSSR count). The molecule has 1 N–H and O–H groups in total. The third-order valence-electron chi connectivity index (χ3n) is 5.11. The van der Waals surface area contributed by atoms with Gasteiger partial charge in [-0.05, 0) is 100 Å². The summed E-state index contributed by atoms with van der Waals surface area (Å²) in [7, 11) is 1.52. The molecule has 1 amide bonds. The second-order valence-electron chi connectivity index (χ2n) is 7.65. The minimum atomic E-state index is -0.449. The first-order valence-corrected chi connectivity index (χ1v) is 12.7. The number of halogens is 1. The van der Waals surface area contributed by atoms with Gasteiger partial charge < -0.3 is 19.5 Å². The molecule has 3 aromatic rings. The topological polar surface area (TPSA) is 112 Å². The summed E-state index contributed by atoms with van der Waals surface area (Å²) in [6.45, 7) is 2.70. The van der Waals surface area contributed by atoms with Gasteiger partial charge in [-0.2, -0.15) is 0 Å². The molecule has 0 aliphatic carbocycles. The number of nitro benzene ring substituents is 1. The van der Waals surface area contributed by atoms with Crippen LogP contribution in [-0.2, 0) is 11.4 Å². The number of carbonyl (C=O) groups excluding carboxylic acids is 1. The summed E-state index contributed by atoms with van der Waals surface area (Å²) in [6, 6.07) is 17.0. The highest BCUT2D eigenvalue weighted by molar-refractivity contribution is 9.10. The SMILES string of the molecule is CCOc1ccc(N=C2NC(=O)/C(=C\c3cc(Br)c(OCc4ccc([N+](=O)[O-])cc4)c(OC)c3)S2)cc1. The van der Waals surface area contributed by atoms with Gasteiger partial charge in [-0.1, -0.05) is 0 Å². The average molecular weight is 584 g/mol. The van der Waals surface area contributed by atoms with Gasteiger partial charge in [0.25, 0.3) is 11.6 Å². The van der Waals surface area contributed by atoms with Crippen molar-refractivity contribution in [2.45, 2.75) is 13.5 Å². The van der Waals surface area contributed by atoms with E-state index < -0.39 is 4.92 Å². The van der Waals surface area contributed by atoms with Crippen molar-refractivity contribution >= 4 is 56.2 Å². The number of methoxy groups -OCH3 is 1. The van der Waals surface area contributed by atoms with E-state index in [2.05, 4.69) is 26.2 Å². The number of nitro groups is 1. The number of hydrogen-bond donors (Lipinski definition) is 1.